The molecule has 1 aromatic heterocycles. The molecule has 4 heteroatoms. The number of carbonyl (C=O) groups is 1. The van der Waals surface area contributed by atoms with Crippen LogP contribution in [-0.4, -0.2) is 18.2 Å². The molecule has 0 amide bonds. The second-order valence-corrected chi connectivity index (χ2v) is 6.28. The predicted octanol–water partition coefficient (Wildman–Crippen LogP) is 3.91. The monoisotopic (exact) mass is 264 g/mol. The van der Waals surface area contributed by atoms with E-state index in [0.29, 0.717) is 4.88 Å². The molecule has 0 aliphatic heterocycles. The van der Waals surface area contributed by atoms with E-state index >= 15 is 0 Å². The van der Waals surface area contributed by atoms with Crippen molar-refractivity contribution in [1.29, 1.82) is 0 Å². The number of methoxy groups -OCH3 is 1. The SMILES string of the molecule is COc1ccc2sc(C(=O)O)c(C(C)(C)C)c2c1. The average Bonchev–Trinajstić information content (AvgIpc) is 2.66. The van der Waals surface area contributed by atoms with Gasteiger partial charge in [0.2, 0.25) is 0 Å². The molecule has 0 aliphatic rings. The van der Waals surface area contributed by atoms with Crippen LogP contribution in [0.1, 0.15) is 36.0 Å². The number of carboxylic acid groups (broad SMARTS) is 1. The number of hydrogen-bond donors (Lipinski definition) is 1. The summed E-state index contributed by atoms with van der Waals surface area (Å²) in [5.41, 5.74) is 0.673. The minimum Gasteiger partial charge on any atom is -0.497 e. The van der Waals surface area contributed by atoms with Gasteiger partial charge in [0.1, 0.15) is 10.6 Å². The fourth-order valence-corrected chi connectivity index (χ4v) is 3.33. The summed E-state index contributed by atoms with van der Waals surface area (Å²) in [5.74, 6) is -0.108. The Morgan fingerprint density at radius 3 is 2.50 bits per heavy atom. The lowest BCUT2D eigenvalue weighted by atomic mass is 9.85. The minimum atomic E-state index is -0.861. The zero-order valence-corrected chi connectivity index (χ0v) is 11.7. The number of rotatable bonds is 2. The summed E-state index contributed by atoms with van der Waals surface area (Å²) in [6.07, 6.45) is 0. The molecule has 1 N–H and O–H groups in total. The van der Waals surface area contributed by atoms with Crippen molar-refractivity contribution < 1.29 is 14.6 Å². The first-order valence-corrected chi connectivity index (χ1v) is 6.50. The van der Waals surface area contributed by atoms with Crippen LogP contribution < -0.4 is 4.74 Å². The first-order chi connectivity index (χ1) is 8.34. The van der Waals surface area contributed by atoms with Crippen molar-refractivity contribution >= 4 is 27.4 Å². The summed E-state index contributed by atoms with van der Waals surface area (Å²) in [6, 6.07) is 5.69. The molecule has 1 heterocycles. The van der Waals surface area contributed by atoms with E-state index in [0.717, 1.165) is 21.4 Å². The number of fused-ring (bicyclic) bond motifs is 1. The molecule has 0 saturated carbocycles. The number of aromatic carboxylic acids is 1. The summed E-state index contributed by atoms with van der Waals surface area (Å²) in [6.45, 7) is 6.08. The summed E-state index contributed by atoms with van der Waals surface area (Å²) < 4.78 is 6.20. The normalized spacial score (nSPS) is 11.8. The summed E-state index contributed by atoms with van der Waals surface area (Å²) in [5, 5.41) is 10.3. The first-order valence-electron chi connectivity index (χ1n) is 5.69. The standard InChI is InChI=1S/C14H16O3S/c1-14(2,3)11-9-7-8(17-4)5-6-10(9)18-12(11)13(15)16/h5-7H,1-4H3,(H,15,16). The second-order valence-electron chi connectivity index (χ2n) is 5.22. The smallest absolute Gasteiger partial charge is 0.346 e. The molecule has 0 unspecified atom stereocenters. The van der Waals surface area contributed by atoms with E-state index in [4.69, 9.17) is 4.74 Å². The van der Waals surface area contributed by atoms with Crippen LogP contribution in [0.3, 0.4) is 0 Å². The van der Waals surface area contributed by atoms with Gasteiger partial charge >= 0.3 is 5.97 Å². The molecule has 2 aromatic rings. The Morgan fingerprint density at radius 1 is 1.33 bits per heavy atom. The zero-order valence-electron chi connectivity index (χ0n) is 10.9. The quantitative estimate of drug-likeness (QED) is 0.894. The number of benzene rings is 1. The number of hydrogen-bond acceptors (Lipinski definition) is 3. The van der Waals surface area contributed by atoms with Crippen molar-refractivity contribution in [2.45, 2.75) is 26.2 Å². The Balaban J connectivity index is 2.83. The van der Waals surface area contributed by atoms with Gasteiger partial charge in [0, 0.05) is 10.1 Å². The molecule has 0 spiro atoms. The minimum absolute atomic E-state index is 0.210. The highest BCUT2D eigenvalue weighted by atomic mass is 32.1. The van der Waals surface area contributed by atoms with Crippen molar-refractivity contribution in [1.82, 2.24) is 0 Å². The van der Waals surface area contributed by atoms with E-state index in [1.165, 1.54) is 11.3 Å². The summed E-state index contributed by atoms with van der Waals surface area (Å²) >= 11 is 1.32. The molecule has 18 heavy (non-hydrogen) atoms. The van der Waals surface area contributed by atoms with E-state index < -0.39 is 5.97 Å². The third kappa shape index (κ3) is 2.08. The Morgan fingerprint density at radius 2 is 2.00 bits per heavy atom. The van der Waals surface area contributed by atoms with Gasteiger partial charge in [-0.05, 0) is 29.2 Å². The van der Waals surface area contributed by atoms with Gasteiger partial charge in [-0.2, -0.15) is 0 Å². The van der Waals surface area contributed by atoms with Gasteiger partial charge in [0.15, 0.2) is 0 Å². The fourth-order valence-electron chi connectivity index (χ4n) is 2.10. The van der Waals surface area contributed by atoms with E-state index in [9.17, 15) is 9.90 Å². The molecule has 0 bridgehead atoms. The highest BCUT2D eigenvalue weighted by Gasteiger charge is 2.27. The molecule has 0 aliphatic carbocycles. The third-order valence-corrected chi connectivity index (χ3v) is 4.00. The van der Waals surface area contributed by atoms with Gasteiger partial charge in [0.05, 0.1) is 7.11 Å². The van der Waals surface area contributed by atoms with Crippen molar-refractivity contribution in [3.8, 4) is 5.75 Å². The van der Waals surface area contributed by atoms with Crippen molar-refractivity contribution in [3.63, 3.8) is 0 Å². The van der Waals surface area contributed by atoms with E-state index in [1.54, 1.807) is 7.11 Å². The van der Waals surface area contributed by atoms with Gasteiger partial charge in [-0.1, -0.05) is 20.8 Å². The molecule has 2 rings (SSSR count). The fraction of sp³-hybridized carbons (Fsp3) is 0.357. The Bertz CT molecular complexity index is 605. The zero-order chi connectivity index (χ0) is 13.5. The Labute approximate surface area is 110 Å². The highest BCUT2D eigenvalue weighted by Crippen LogP contribution is 2.40. The molecule has 0 fully saturated rings. The number of ether oxygens (including phenoxy) is 1. The molecular weight excluding hydrogens is 248 g/mol. The van der Waals surface area contributed by atoms with Gasteiger partial charge in [-0.15, -0.1) is 11.3 Å². The van der Waals surface area contributed by atoms with E-state index in [1.807, 2.05) is 39.0 Å². The van der Waals surface area contributed by atoms with Crippen LogP contribution in [0.25, 0.3) is 10.1 Å². The number of thiophene rings is 1. The van der Waals surface area contributed by atoms with Crippen LogP contribution in [0.15, 0.2) is 18.2 Å². The van der Waals surface area contributed by atoms with Crippen LogP contribution in [0, 0.1) is 0 Å². The largest absolute Gasteiger partial charge is 0.497 e. The first kappa shape index (κ1) is 12.9. The third-order valence-electron chi connectivity index (χ3n) is 2.84. The molecule has 96 valence electrons. The highest BCUT2D eigenvalue weighted by molar-refractivity contribution is 7.21. The molecule has 1 aromatic carbocycles. The Hall–Kier alpha value is -1.55. The van der Waals surface area contributed by atoms with Crippen LogP contribution in [0.5, 0.6) is 5.75 Å². The van der Waals surface area contributed by atoms with Crippen LogP contribution >= 0.6 is 11.3 Å². The lowest BCUT2D eigenvalue weighted by molar-refractivity contribution is 0.0700. The van der Waals surface area contributed by atoms with Crippen LogP contribution in [-0.2, 0) is 5.41 Å². The summed E-state index contributed by atoms with van der Waals surface area (Å²) in [4.78, 5) is 11.8. The second kappa shape index (κ2) is 4.28. The van der Waals surface area contributed by atoms with Gasteiger partial charge in [0.25, 0.3) is 0 Å². The molecular formula is C14H16O3S. The van der Waals surface area contributed by atoms with Crippen molar-refractivity contribution in [2.24, 2.45) is 0 Å². The van der Waals surface area contributed by atoms with Crippen molar-refractivity contribution in [2.75, 3.05) is 7.11 Å². The van der Waals surface area contributed by atoms with Crippen LogP contribution in [0.2, 0.25) is 0 Å². The topological polar surface area (TPSA) is 46.5 Å². The maximum atomic E-state index is 11.4. The van der Waals surface area contributed by atoms with Gasteiger partial charge < -0.3 is 9.84 Å². The number of carboxylic acids is 1. The maximum Gasteiger partial charge on any atom is 0.346 e. The summed E-state index contributed by atoms with van der Waals surface area (Å²) in [7, 11) is 1.61. The molecule has 0 radical (unpaired) electrons. The molecule has 0 atom stereocenters. The van der Waals surface area contributed by atoms with Crippen molar-refractivity contribution in [3.05, 3.63) is 28.6 Å². The average molecular weight is 264 g/mol. The molecule has 3 nitrogen and oxygen atoms in total. The molecule has 0 saturated heterocycles. The van der Waals surface area contributed by atoms with Gasteiger partial charge in [-0.3, -0.25) is 0 Å². The van der Waals surface area contributed by atoms with Crippen LogP contribution in [0.4, 0.5) is 0 Å². The van der Waals surface area contributed by atoms with E-state index in [2.05, 4.69) is 0 Å². The lowest BCUT2D eigenvalue weighted by Crippen LogP contribution is -2.14. The van der Waals surface area contributed by atoms with E-state index in [-0.39, 0.29) is 5.41 Å². The predicted molar refractivity (Wildman–Crippen MR) is 74.0 cm³/mol. The Kier molecular flexibility index (Phi) is 3.07. The van der Waals surface area contributed by atoms with Gasteiger partial charge in [-0.25, -0.2) is 4.79 Å². The lowest BCUT2D eigenvalue weighted by Gasteiger charge is -2.19. The maximum absolute atomic E-state index is 11.4.